The monoisotopic (exact) mass is 397 g/mol. The van der Waals surface area contributed by atoms with Crippen molar-refractivity contribution >= 4 is 50.4 Å². The van der Waals surface area contributed by atoms with Crippen molar-refractivity contribution in [3.05, 3.63) is 46.9 Å². The average molecular weight is 398 g/mol. The number of hydrogen-bond donors (Lipinski definition) is 1. The van der Waals surface area contributed by atoms with E-state index in [1.54, 1.807) is 30.0 Å². The zero-order valence-electron chi connectivity index (χ0n) is 12.3. The van der Waals surface area contributed by atoms with Gasteiger partial charge in [-0.2, -0.15) is 0 Å². The van der Waals surface area contributed by atoms with Crippen LogP contribution in [-0.2, 0) is 16.6 Å². The Morgan fingerprint density at radius 1 is 1.17 bits per heavy atom. The van der Waals surface area contributed by atoms with Gasteiger partial charge in [0.05, 0.1) is 10.0 Å². The minimum Gasteiger partial charge on any atom is -0.325 e. The van der Waals surface area contributed by atoms with E-state index in [9.17, 15) is 8.42 Å². The van der Waals surface area contributed by atoms with Crippen LogP contribution in [0.15, 0.2) is 52.0 Å². The Bertz CT molecular complexity index is 972. The van der Waals surface area contributed by atoms with Crippen LogP contribution in [-0.4, -0.2) is 23.7 Å². The fraction of sp³-hybridized carbons (Fsp3) is 0.133. The van der Waals surface area contributed by atoms with Crippen LogP contribution in [0.4, 0.5) is 5.69 Å². The number of fused-ring (bicyclic) bond motifs is 1. The largest absolute Gasteiger partial charge is 0.325 e. The lowest BCUT2D eigenvalue weighted by atomic mass is 10.1. The summed E-state index contributed by atoms with van der Waals surface area (Å²) in [5.74, 6) is 1.07. The lowest BCUT2D eigenvalue weighted by Gasteiger charge is -2.06. The number of halogens is 1. The van der Waals surface area contributed by atoms with Crippen molar-refractivity contribution in [1.82, 2.24) is 9.55 Å². The van der Waals surface area contributed by atoms with Gasteiger partial charge >= 0.3 is 0 Å². The molecule has 2 aromatic heterocycles. The first-order chi connectivity index (χ1) is 11.5. The molecule has 0 radical (unpaired) electrons. The number of aromatic nitrogens is 2. The van der Waals surface area contributed by atoms with Gasteiger partial charge in [-0.3, -0.25) is 4.72 Å². The second-order valence-electron chi connectivity index (χ2n) is 5.19. The normalized spacial score (nSPS) is 13.9. The molecule has 0 saturated heterocycles. The van der Waals surface area contributed by atoms with E-state index >= 15 is 0 Å². The highest BCUT2D eigenvalue weighted by molar-refractivity contribution is 7.99. The molecule has 124 valence electrons. The van der Waals surface area contributed by atoms with Crippen LogP contribution in [0.5, 0.6) is 0 Å². The first-order valence-corrected chi connectivity index (χ1v) is 10.8. The Balaban J connectivity index is 1.55. The summed E-state index contributed by atoms with van der Waals surface area (Å²) in [5.41, 5.74) is 2.36. The minimum atomic E-state index is -3.61. The highest BCUT2D eigenvalue weighted by Crippen LogP contribution is 2.30. The molecule has 4 rings (SSSR count). The molecular weight excluding hydrogens is 386 g/mol. The van der Waals surface area contributed by atoms with Gasteiger partial charge < -0.3 is 4.57 Å². The van der Waals surface area contributed by atoms with E-state index in [0.29, 0.717) is 10.0 Å². The highest BCUT2D eigenvalue weighted by atomic mass is 35.5. The fourth-order valence-corrected chi connectivity index (χ4v) is 5.89. The van der Waals surface area contributed by atoms with Crippen LogP contribution in [0.25, 0.3) is 11.3 Å². The molecule has 0 atom stereocenters. The molecule has 1 aliphatic heterocycles. The quantitative estimate of drug-likeness (QED) is 0.717. The van der Waals surface area contributed by atoms with E-state index < -0.39 is 10.0 Å². The van der Waals surface area contributed by atoms with Crippen LogP contribution >= 0.6 is 34.7 Å². The van der Waals surface area contributed by atoms with E-state index in [1.165, 1.54) is 6.07 Å². The molecule has 0 fully saturated rings. The highest BCUT2D eigenvalue weighted by Gasteiger charge is 2.18. The molecular formula is C15H12ClN3O2S3. The maximum absolute atomic E-state index is 12.3. The number of anilines is 1. The molecule has 1 aromatic carbocycles. The third-order valence-corrected chi connectivity index (χ3v) is 7.62. The number of imidazole rings is 1. The van der Waals surface area contributed by atoms with Crippen molar-refractivity contribution in [2.75, 3.05) is 10.5 Å². The molecule has 0 aliphatic carbocycles. The summed E-state index contributed by atoms with van der Waals surface area (Å²) in [4.78, 5) is 4.59. The van der Waals surface area contributed by atoms with Crippen molar-refractivity contribution in [2.24, 2.45) is 0 Å². The first-order valence-electron chi connectivity index (χ1n) is 7.10. The maximum Gasteiger partial charge on any atom is 0.271 e. The van der Waals surface area contributed by atoms with E-state index in [2.05, 4.69) is 14.3 Å². The van der Waals surface area contributed by atoms with Crippen molar-refractivity contribution in [3.63, 3.8) is 0 Å². The second kappa shape index (κ2) is 6.11. The molecule has 0 unspecified atom stereocenters. The summed E-state index contributed by atoms with van der Waals surface area (Å²) in [5, 5.41) is 1.03. The SMILES string of the molecule is O=S(=O)(Nc1ccc(-c2cn3c(n2)SCC3)cc1)c1ccc(Cl)s1. The molecule has 3 aromatic rings. The second-order valence-corrected chi connectivity index (χ2v) is 9.88. The van der Waals surface area contributed by atoms with E-state index in [4.69, 9.17) is 11.6 Å². The summed E-state index contributed by atoms with van der Waals surface area (Å²) in [6.07, 6.45) is 2.03. The minimum absolute atomic E-state index is 0.194. The van der Waals surface area contributed by atoms with E-state index in [0.717, 1.165) is 40.0 Å². The molecule has 1 aliphatic rings. The van der Waals surface area contributed by atoms with Crippen molar-refractivity contribution in [3.8, 4) is 11.3 Å². The number of hydrogen-bond acceptors (Lipinski definition) is 5. The maximum atomic E-state index is 12.3. The number of thiophene rings is 1. The molecule has 1 N–H and O–H groups in total. The van der Waals surface area contributed by atoms with Crippen molar-refractivity contribution < 1.29 is 8.42 Å². The van der Waals surface area contributed by atoms with Crippen LogP contribution in [0.3, 0.4) is 0 Å². The number of nitrogens with one attached hydrogen (secondary N) is 1. The molecule has 3 heterocycles. The standard InChI is InChI=1S/C15H12ClN3O2S3/c16-13-5-6-14(23-13)24(20,21)18-11-3-1-10(2-4-11)12-9-19-7-8-22-15(19)17-12/h1-6,9,18H,7-8H2. The lowest BCUT2D eigenvalue weighted by Crippen LogP contribution is -2.11. The summed E-state index contributed by atoms with van der Waals surface area (Å²) in [6, 6.07) is 10.3. The summed E-state index contributed by atoms with van der Waals surface area (Å²) in [6.45, 7) is 0.980. The van der Waals surface area contributed by atoms with Crippen LogP contribution in [0, 0.1) is 0 Å². The molecule has 24 heavy (non-hydrogen) atoms. The van der Waals surface area contributed by atoms with Gasteiger partial charge in [-0.15, -0.1) is 11.3 Å². The Kier molecular flexibility index (Phi) is 4.07. The zero-order valence-corrected chi connectivity index (χ0v) is 15.5. The molecule has 5 nitrogen and oxygen atoms in total. The van der Waals surface area contributed by atoms with Gasteiger partial charge in [-0.05, 0) is 24.3 Å². The number of thioether (sulfide) groups is 1. The van der Waals surface area contributed by atoms with Crippen LogP contribution in [0.1, 0.15) is 0 Å². The zero-order chi connectivity index (χ0) is 16.7. The number of aryl methyl sites for hydroxylation is 1. The van der Waals surface area contributed by atoms with Crippen LogP contribution in [0.2, 0.25) is 4.34 Å². The predicted molar refractivity (Wildman–Crippen MR) is 98.5 cm³/mol. The van der Waals surface area contributed by atoms with Gasteiger partial charge in [0.1, 0.15) is 4.21 Å². The molecule has 9 heteroatoms. The number of sulfonamides is 1. The van der Waals surface area contributed by atoms with Gasteiger partial charge in [-0.25, -0.2) is 13.4 Å². The van der Waals surface area contributed by atoms with Crippen molar-refractivity contribution in [2.45, 2.75) is 15.9 Å². The predicted octanol–water partition coefficient (Wildman–Crippen LogP) is 4.17. The van der Waals surface area contributed by atoms with Crippen LogP contribution < -0.4 is 4.72 Å². The summed E-state index contributed by atoms with van der Waals surface area (Å²) in [7, 11) is -3.61. The number of benzene rings is 1. The van der Waals surface area contributed by atoms with E-state index in [-0.39, 0.29) is 4.21 Å². The third-order valence-electron chi connectivity index (χ3n) is 3.55. The Labute approximate surface area is 152 Å². The third kappa shape index (κ3) is 3.06. The fourth-order valence-electron chi connectivity index (χ4n) is 2.41. The van der Waals surface area contributed by atoms with E-state index in [1.807, 2.05) is 18.3 Å². The summed E-state index contributed by atoms with van der Waals surface area (Å²) < 4.78 is 29.9. The molecule has 0 saturated carbocycles. The van der Waals surface area contributed by atoms with Gasteiger partial charge in [0.2, 0.25) is 0 Å². The first kappa shape index (κ1) is 16.0. The Morgan fingerprint density at radius 2 is 1.96 bits per heavy atom. The summed E-state index contributed by atoms with van der Waals surface area (Å²) >= 11 is 8.58. The molecule has 0 spiro atoms. The van der Waals surface area contributed by atoms with Gasteiger partial charge in [0.25, 0.3) is 10.0 Å². The van der Waals surface area contributed by atoms with Gasteiger partial charge in [0, 0.05) is 29.7 Å². The Morgan fingerprint density at radius 3 is 2.62 bits per heavy atom. The van der Waals surface area contributed by atoms with Crippen molar-refractivity contribution in [1.29, 1.82) is 0 Å². The smallest absolute Gasteiger partial charge is 0.271 e. The average Bonchev–Trinajstić information content (AvgIpc) is 3.23. The van der Waals surface area contributed by atoms with Gasteiger partial charge in [0.15, 0.2) is 5.16 Å². The Hall–Kier alpha value is -1.48. The molecule has 0 amide bonds. The number of nitrogens with zero attached hydrogens (tertiary/aromatic N) is 2. The van der Waals surface area contributed by atoms with Gasteiger partial charge in [-0.1, -0.05) is 35.5 Å². The lowest BCUT2D eigenvalue weighted by molar-refractivity contribution is 0.603. The molecule has 0 bridgehead atoms. The number of rotatable bonds is 4. The topological polar surface area (TPSA) is 64.0 Å².